The first kappa shape index (κ1) is 21.4. The maximum Gasteiger partial charge on any atom is 0.516 e. The summed E-state index contributed by atoms with van der Waals surface area (Å²) < 4.78 is 109. The summed E-state index contributed by atoms with van der Waals surface area (Å²) in [6.07, 6.45) is -6.59. The lowest BCUT2D eigenvalue weighted by Gasteiger charge is -2.31. The van der Waals surface area contributed by atoms with E-state index < -0.39 is 50.7 Å². The van der Waals surface area contributed by atoms with Crippen LogP contribution in [0, 0.1) is 0 Å². The van der Waals surface area contributed by atoms with Crippen molar-refractivity contribution >= 4 is 15.9 Å². The van der Waals surface area contributed by atoms with Crippen LogP contribution < -0.4 is 0 Å². The molecule has 13 heteroatoms. The van der Waals surface area contributed by atoms with E-state index in [-0.39, 0.29) is 18.8 Å². The number of benzene rings is 1. The zero-order valence-electron chi connectivity index (χ0n) is 13.4. The van der Waals surface area contributed by atoms with Crippen LogP contribution >= 0.6 is 0 Å². The third-order valence-electron chi connectivity index (χ3n) is 3.66. The molecular weight excluding hydrogens is 408 g/mol. The van der Waals surface area contributed by atoms with E-state index >= 15 is 0 Å². The summed E-state index contributed by atoms with van der Waals surface area (Å²) in [4.78, 5) is 11.3. The van der Waals surface area contributed by atoms with Crippen molar-refractivity contribution in [3.63, 3.8) is 0 Å². The van der Waals surface area contributed by atoms with Gasteiger partial charge in [0.25, 0.3) is 0 Å². The number of carbonyl (C=O) groups is 1. The van der Waals surface area contributed by atoms with Gasteiger partial charge in [-0.25, -0.2) is 4.31 Å². The van der Waals surface area contributed by atoms with Crippen LogP contribution in [0.5, 0.6) is 0 Å². The molecule has 0 N–H and O–H groups in total. The van der Waals surface area contributed by atoms with Gasteiger partial charge in [-0.3, -0.25) is 4.79 Å². The summed E-state index contributed by atoms with van der Waals surface area (Å²) in [5, 5.41) is 0. The number of alkyl halides is 6. The normalized spacial score (nSPS) is 17.7. The number of carbonyl (C=O) groups excluding carboxylic acids is 1. The Balaban J connectivity index is 2.37. The molecule has 152 valence electrons. The minimum Gasteiger partial charge on any atom is -0.343 e. The van der Waals surface area contributed by atoms with E-state index in [1.165, 1.54) is 24.3 Å². The molecule has 27 heavy (non-hydrogen) atoms. The molecule has 6 nitrogen and oxygen atoms in total. The van der Waals surface area contributed by atoms with Crippen molar-refractivity contribution in [1.29, 1.82) is 0 Å². The van der Waals surface area contributed by atoms with Gasteiger partial charge in [0.05, 0.1) is 13.2 Å². The first-order valence-electron chi connectivity index (χ1n) is 7.35. The predicted octanol–water partition coefficient (Wildman–Crippen LogP) is 2.52. The monoisotopic (exact) mass is 421 g/mol. The molecule has 0 spiro atoms. The van der Waals surface area contributed by atoms with E-state index in [1.807, 2.05) is 0 Å². The van der Waals surface area contributed by atoms with E-state index in [0.717, 1.165) is 0 Å². The Bertz CT molecular complexity index is 771. The van der Waals surface area contributed by atoms with Crippen molar-refractivity contribution in [1.82, 2.24) is 4.31 Å². The second-order valence-electron chi connectivity index (χ2n) is 5.39. The Morgan fingerprint density at radius 2 is 1.56 bits per heavy atom. The number of nitrogens with zero attached hydrogens (tertiary/aromatic N) is 1. The van der Waals surface area contributed by atoms with Crippen molar-refractivity contribution in [3.8, 4) is 0 Å². The molecule has 1 aliphatic heterocycles. The Labute approximate surface area is 149 Å². The molecule has 0 aromatic heterocycles. The van der Waals surface area contributed by atoms with Crippen LogP contribution in [-0.2, 0) is 30.1 Å². The molecule has 1 aliphatic rings. The number of rotatable bonds is 5. The molecule has 1 saturated heterocycles. The number of amides is 1. The molecule has 0 bridgehead atoms. The lowest BCUT2D eigenvalue weighted by atomic mass is 10.0. The van der Waals surface area contributed by atoms with Gasteiger partial charge < -0.3 is 9.47 Å². The SMILES string of the molecule is O=C(N(CCC1(c2ccccc2)OCCO1)S(=O)(=O)C(F)(F)F)C(F)(F)F. The van der Waals surface area contributed by atoms with Gasteiger partial charge in [0.15, 0.2) is 5.79 Å². The van der Waals surface area contributed by atoms with E-state index in [1.54, 1.807) is 6.07 Å². The van der Waals surface area contributed by atoms with Gasteiger partial charge in [-0.2, -0.15) is 34.8 Å². The second kappa shape index (κ2) is 7.28. The molecule has 1 fully saturated rings. The standard InChI is InChI=1S/C14H13F6NO5S/c15-13(16,17)11(22)21(27(23,24)14(18,19)20)7-6-12(25-8-9-26-12)10-4-2-1-3-5-10/h1-5H,6-9H2. The number of halogens is 6. The van der Waals surface area contributed by atoms with Crippen molar-refractivity contribution in [2.24, 2.45) is 0 Å². The molecular formula is C14H13F6NO5S. The highest BCUT2D eigenvalue weighted by molar-refractivity contribution is 7.90. The van der Waals surface area contributed by atoms with Gasteiger partial charge in [-0.15, -0.1) is 0 Å². The smallest absolute Gasteiger partial charge is 0.343 e. The van der Waals surface area contributed by atoms with Gasteiger partial charge in [0, 0.05) is 18.5 Å². The number of hydrogen-bond donors (Lipinski definition) is 0. The highest BCUT2D eigenvalue weighted by Gasteiger charge is 2.57. The number of hydrogen-bond acceptors (Lipinski definition) is 5. The lowest BCUT2D eigenvalue weighted by molar-refractivity contribution is -0.187. The van der Waals surface area contributed by atoms with E-state index in [2.05, 4.69) is 0 Å². The van der Waals surface area contributed by atoms with Crippen LogP contribution in [0.15, 0.2) is 30.3 Å². The molecule has 0 radical (unpaired) electrons. The Morgan fingerprint density at radius 3 is 2.00 bits per heavy atom. The summed E-state index contributed by atoms with van der Waals surface area (Å²) in [6.45, 7) is -1.49. The van der Waals surface area contributed by atoms with Crippen LogP contribution in [0.3, 0.4) is 0 Å². The van der Waals surface area contributed by atoms with Gasteiger partial charge in [-0.05, 0) is 0 Å². The number of sulfonamides is 1. The van der Waals surface area contributed by atoms with Gasteiger partial charge in [0.1, 0.15) is 0 Å². The molecule has 1 amide bonds. The third kappa shape index (κ3) is 4.35. The minimum absolute atomic E-state index is 0.0197. The molecule has 0 aliphatic carbocycles. The molecule has 1 aromatic carbocycles. The van der Waals surface area contributed by atoms with Crippen molar-refractivity contribution in [2.45, 2.75) is 23.9 Å². The fourth-order valence-corrected chi connectivity index (χ4v) is 3.35. The fraction of sp³-hybridized carbons (Fsp3) is 0.500. The summed E-state index contributed by atoms with van der Waals surface area (Å²) in [6, 6.07) is 7.53. The highest BCUT2D eigenvalue weighted by atomic mass is 32.2. The van der Waals surface area contributed by atoms with Crippen molar-refractivity contribution in [2.75, 3.05) is 19.8 Å². The van der Waals surface area contributed by atoms with Crippen LogP contribution in [0.4, 0.5) is 26.3 Å². The van der Waals surface area contributed by atoms with Gasteiger partial charge in [0.2, 0.25) is 0 Å². The Kier molecular flexibility index (Phi) is 5.78. The Morgan fingerprint density at radius 1 is 1.04 bits per heavy atom. The van der Waals surface area contributed by atoms with Crippen LogP contribution in [-0.4, -0.2) is 50.1 Å². The summed E-state index contributed by atoms with van der Waals surface area (Å²) in [7, 11) is -6.57. The summed E-state index contributed by atoms with van der Waals surface area (Å²) in [5.74, 6) is -4.92. The molecule has 0 saturated carbocycles. The van der Waals surface area contributed by atoms with Gasteiger partial charge in [-0.1, -0.05) is 30.3 Å². The average molecular weight is 421 g/mol. The zero-order chi connectivity index (χ0) is 20.5. The van der Waals surface area contributed by atoms with Gasteiger partial charge >= 0.3 is 27.6 Å². The first-order chi connectivity index (χ1) is 12.3. The maximum absolute atomic E-state index is 12.7. The molecule has 1 heterocycles. The van der Waals surface area contributed by atoms with Crippen LogP contribution in [0.1, 0.15) is 12.0 Å². The summed E-state index contributed by atoms with van der Waals surface area (Å²) in [5.41, 5.74) is -5.84. The van der Waals surface area contributed by atoms with Crippen LogP contribution in [0.25, 0.3) is 0 Å². The quantitative estimate of drug-likeness (QED) is 0.684. The first-order valence-corrected chi connectivity index (χ1v) is 8.79. The molecule has 0 unspecified atom stereocenters. The summed E-state index contributed by atoms with van der Waals surface area (Å²) >= 11 is 0. The predicted molar refractivity (Wildman–Crippen MR) is 77.4 cm³/mol. The zero-order valence-corrected chi connectivity index (χ0v) is 14.2. The highest BCUT2D eigenvalue weighted by Crippen LogP contribution is 2.37. The minimum atomic E-state index is -6.57. The average Bonchev–Trinajstić information content (AvgIpc) is 3.03. The topological polar surface area (TPSA) is 72.9 Å². The van der Waals surface area contributed by atoms with E-state index in [4.69, 9.17) is 9.47 Å². The molecule has 0 atom stereocenters. The third-order valence-corrected chi connectivity index (χ3v) is 5.18. The van der Waals surface area contributed by atoms with Crippen molar-refractivity contribution < 1.29 is 49.0 Å². The van der Waals surface area contributed by atoms with Crippen molar-refractivity contribution in [3.05, 3.63) is 35.9 Å². The van der Waals surface area contributed by atoms with E-state index in [0.29, 0.717) is 0 Å². The maximum atomic E-state index is 12.7. The largest absolute Gasteiger partial charge is 0.516 e. The second-order valence-corrected chi connectivity index (χ2v) is 7.25. The fourth-order valence-electron chi connectivity index (χ4n) is 2.45. The lowest BCUT2D eigenvalue weighted by Crippen LogP contribution is -2.51. The number of ether oxygens (including phenoxy) is 2. The molecule has 1 aromatic rings. The molecule has 2 rings (SSSR count). The Hall–Kier alpha value is -1.86. The van der Waals surface area contributed by atoms with E-state index in [9.17, 15) is 39.6 Å². The van der Waals surface area contributed by atoms with Crippen LogP contribution in [0.2, 0.25) is 0 Å².